The number of hydrogen-bond donors (Lipinski definition) is 2. The van der Waals surface area contributed by atoms with Crippen molar-refractivity contribution in [1.82, 2.24) is 10.3 Å². The predicted molar refractivity (Wildman–Crippen MR) is 70.1 cm³/mol. The summed E-state index contributed by atoms with van der Waals surface area (Å²) in [7, 11) is 0. The highest BCUT2D eigenvalue weighted by molar-refractivity contribution is 5.91. The topological polar surface area (TPSA) is 81.2 Å². The second-order valence-corrected chi connectivity index (χ2v) is 5.28. The summed E-state index contributed by atoms with van der Waals surface area (Å²) >= 11 is 0. The molecule has 102 valence electrons. The van der Waals surface area contributed by atoms with Crippen LogP contribution in [0.15, 0.2) is 10.7 Å². The molecule has 0 aliphatic rings. The van der Waals surface area contributed by atoms with E-state index in [-0.39, 0.29) is 17.9 Å². The summed E-state index contributed by atoms with van der Waals surface area (Å²) in [6.45, 7) is 8.84. The quantitative estimate of drug-likeness (QED) is 0.813. The number of oxazole rings is 1. The zero-order valence-electron chi connectivity index (χ0n) is 11.6. The molecule has 1 unspecified atom stereocenters. The average Bonchev–Trinajstić information content (AvgIpc) is 2.76. The Kier molecular flexibility index (Phi) is 5.34. The normalized spacial score (nSPS) is 13.1. The molecule has 0 aliphatic heterocycles. The molecule has 1 heterocycles. The highest BCUT2D eigenvalue weighted by Crippen LogP contribution is 2.17. The third kappa shape index (κ3) is 4.14. The molecule has 3 N–H and O–H groups in total. The van der Waals surface area contributed by atoms with Crippen LogP contribution in [0, 0.1) is 11.8 Å². The van der Waals surface area contributed by atoms with Gasteiger partial charge in [0.1, 0.15) is 6.26 Å². The van der Waals surface area contributed by atoms with Crippen molar-refractivity contribution in [3.05, 3.63) is 17.8 Å². The molecular weight excluding hydrogens is 230 g/mol. The van der Waals surface area contributed by atoms with E-state index in [1.807, 2.05) is 13.8 Å². The molecular formula is C13H23N3O2. The lowest BCUT2D eigenvalue weighted by Crippen LogP contribution is -2.26. The van der Waals surface area contributed by atoms with Crippen LogP contribution in [0.1, 0.15) is 56.5 Å². The van der Waals surface area contributed by atoms with Gasteiger partial charge < -0.3 is 15.5 Å². The molecule has 1 amide bonds. The number of hydrogen-bond acceptors (Lipinski definition) is 4. The number of rotatable bonds is 6. The first-order chi connectivity index (χ1) is 8.41. The van der Waals surface area contributed by atoms with Gasteiger partial charge in [-0.2, -0.15) is 0 Å². The number of amides is 1. The van der Waals surface area contributed by atoms with Crippen molar-refractivity contribution in [2.45, 2.75) is 40.2 Å². The lowest BCUT2D eigenvalue weighted by molar-refractivity contribution is 0.0947. The number of carbonyl (C=O) groups is 1. The lowest BCUT2D eigenvalue weighted by Gasteiger charge is -2.10. The van der Waals surface area contributed by atoms with Gasteiger partial charge in [0.25, 0.3) is 5.91 Å². The van der Waals surface area contributed by atoms with Crippen LogP contribution in [0.3, 0.4) is 0 Å². The Balaban J connectivity index is 2.54. The Morgan fingerprint density at radius 1 is 1.44 bits per heavy atom. The molecule has 0 aliphatic carbocycles. The van der Waals surface area contributed by atoms with Gasteiger partial charge in [-0.05, 0) is 18.3 Å². The van der Waals surface area contributed by atoms with Gasteiger partial charge in [-0.3, -0.25) is 4.79 Å². The number of nitrogens with one attached hydrogen (secondary N) is 1. The smallest absolute Gasteiger partial charge is 0.273 e. The summed E-state index contributed by atoms with van der Waals surface area (Å²) in [6, 6.07) is -0.276. The van der Waals surface area contributed by atoms with E-state index < -0.39 is 0 Å². The molecule has 0 spiro atoms. The van der Waals surface area contributed by atoms with Crippen LogP contribution in [0.25, 0.3) is 0 Å². The molecule has 1 atom stereocenters. The second-order valence-electron chi connectivity index (χ2n) is 5.28. The largest absolute Gasteiger partial charge is 0.446 e. The van der Waals surface area contributed by atoms with Gasteiger partial charge in [0.05, 0.1) is 6.04 Å². The zero-order chi connectivity index (χ0) is 13.7. The van der Waals surface area contributed by atoms with Crippen molar-refractivity contribution in [1.29, 1.82) is 0 Å². The van der Waals surface area contributed by atoms with Crippen LogP contribution in [0.2, 0.25) is 0 Å². The summed E-state index contributed by atoms with van der Waals surface area (Å²) in [5.41, 5.74) is 6.20. The van der Waals surface area contributed by atoms with Gasteiger partial charge in [0, 0.05) is 6.54 Å². The monoisotopic (exact) mass is 253 g/mol. The second kappa shape index (κ2) is 6.54. The number of nitrogens with two attached hydrogens (primary N) is 1. The number of aromatic nitrogens is 1. The highest BCUT2D eigenvalue weighted by atomic mass is 16.3. The minimum absolute atomic E-state index is 0.207. The minimum Gasteiger partial charge on any atom is -0.446 e. The maximum Gasteiger partial charge on any atom is 0.273 e. The summed E-state index contributed by atoms with van der Waals surface area (Å²) < 4.78 is 5.24. The van der Waals surface area contributed by atoms with Crippen LogP contribution >= 0.6 is 0 Å². The molecule has 0 fully saturated rings. The molecule has 0 saturated carbocycles. The Bertz CT molecular complexity index is 385. The van der Waals surface area contributed by atoms with Crippen molar-refractivity contribution >= 4 is 5.91 Å². The Hall–Kier alpha value is -1.36. The molecule has 0 saturated heterocycles. The predicted octanol–water partition coefficient (Wildman–Crippen LogP) is 2.11. The molecule has 18 heavy (non-hydrogen) atoms. The Morgan fingerprint density at radius 2 is 2.11 bits per heavy atom. The van der Waals surface area contributed by atoms with Gasteiger partial charge in [0.15, 0.2) is 5.69 Å². The van der Waals surface area contributed by atoms with E-state index in [2.05, 4.69) is 24.1 Å². The molecule has 0 radical (unpaired) electrons. The SMILES string of the molecule is CC(C)CCNC(=O)c1coc(C(N)C(C)C)n1. The fourth-order valence-corrected chi connectivity index (χ4v) is 1.40. The summed E-state index contributed by atoms with van der Waals surface area (Å²) in [4.78, 5) is 15.9. The Morgan fingerprint density at radius 3 is 2.67 bits per heavy atom. The van der Waals surface area contributed by atoms with E-state index in [1.165, 1.54) is 6.26 Å². The van der Waals surface area contributed by atoms with Gasteiger partial charge in [-0.1, -0.05) is 27.7 Å². The first-order valence-corrected chi connectivity index (χ1v) is 6.41. The van der Waals surface area contributed by atoms with Crippen molar-refractivity contribution in [2.75, 3.05) is 6.54 Å². The van der Waals surface area contributed by atoms with Crippen LogP contribution < -0.4 is 11.1 Å². The van der Waals surface area contributed by atoms with E-state index in [0.717, 1.165) is 6.42 Å². The average molecular weight is 253 g/mol. The fourth-order valence-electron chi connectivity index (χ4n) is 1.40. The third-order valence-electron chi connectivity index (χ3n) is 2.77. The summed E-state index contributed by atoms with van der Waals surface area (Å²) in [6.07, 6.45) is 2.31. The van der Waals surface area contributed by atoms with Crippen LogP contribution in [-0.2, 0) is 0 Å². The maximum absolute atomic E-state index is 11.8. The first-order valence-electron chi connectivity index (χ1n) is 6.41. The molecule has 0 bridgehead atoms. The van der Waals surface area contributed by atoms with Crippen molar-refractivity contribution in [2.24, 2.45) is 17.6 Å². The van der Waals surface area contributed by atoms with Gasteiger partial charge in [-0.15, -0.1) is 0 Å². The van der Waals surface area contributed by atoms with E-state index >= 15 is 0 Å². The van der Waals surface area contributed by atoms with Crippen molar-refractivity contribution in [3.8, 4) is 0 Å². The number of nitrogens with zero attached hydrogens (tertiary/aromatic N) is 1. The first kappa shape index (κ1) is 14.7. The molecule has 0 aromatic carbocycles. The van der Waals surface area contributed by atoms with Gasteiger partial charge >= 0.3 is 0 Å². The number of carbonyl (C=O) groups excluding carboxylic acids is 1. The van der Waals surface area contributed by atoms with Crippen molar-refractivity contribution in [3.63, 3.8) is 0 Å². The standard InChI is InChI=1S/C13H23N3O2/c1-8(2)5-6-15-12(17)10-7-18-13(16-10)11(14)9(3)4/h7-9,11H,5-6,14H2,1-4H3,(H,15,17). The van der Waals surface area contributed by atoms with E-state index in [1.54, 1.807) is 0 Å². The highest BCUT2D eigenvalue weighted by Gasteiger charge is 2.19. The third-order valence-corrected chi connectivity index (χ3v) is 2.77. The molecule has 1 rings (SSSR count). The van der Waals surface area contributed by atoms with Crippen molar-refractivity contribution < 1.29 is 9.21 Å². The minimum atomic E-state index is -0.276. The van der Waals surface area contributed by atoms with Crippen LogP contribution in [0.5, 0.6) is 0 Å². The fraction of sp³-hybridized carbons (Fsp3) is 0.692. The van der Waals surface area contributed by atoms with Crippen LogP contribution in [0.4, 0.5) is 0 Å². The molecule has 5 heteroatoms. The molecule has 5 nitrogen and oxygen atoms in total. The van der Waals surface area contributed by atoms with E-state index in [4.69, 9.17) is 10.2 Å². The zero-order valence-corrected chi connectivity index (χ0v) is 11.6. The molecule has 1 aromatic rings. The van der Waals surface area contributed by atoms with E-state index in [9.17, 15) is 4.79 Å². The molecule has 1 aromatic heterocycles. The summed E-state index contributed by atoms with van der Waals surface area (Å²) in [5, 5.41) is 2.81. The van der Waals surface area contributed by atoms with E-state index in [0.29, 0.717) is 24.0 Å². The maximum atomic E-state index is 11.8. The lowest BCUT2D eigenvalue weighted by atomic mass is 10.1. The van der Waals surface area contributed by atoms with Gasteiger partial charge in [-0.25, -0.2) is 4.98 Å². The Labute approximate surface area is 108 Å². The van der Waals surface area contributed by atoms with Gasteiger partial charge in [0.2, 0.25) is 5.89 Å². The van der Waals surface area contributed by atoms with Crippen LogP contribution in [-0.4, -0.2) is 17.4 Å². The summed E-state index contributed by atoms with van der Waals surface area (Å²) in [5.74, 6) is 0.994.